The summed E-state index contributed by atoms with van der Waals surface area (Å²) in [6, 6.07) is 12.9. The Labute approximate surface area is 191 Å². The molecule has 2 aromatic carbocycles. The Bertz CT molecular complexity index is 1130. The van der Waals surface area contributed by atoms with Crippen molar-refractivity contribution in [3.05, 3.63) is 64.8 Å². The number of amides is 2. The molecule has 4 rings (SSSR count). The van der Waals surface area contributed by atoms with Gasteiger partial charge in [0.05, 0.1) is 13.2 Å². The fraction of sp³-hybridized carbons (Fsp3) is 0.375. The summed E-state index contributed by atoms with van der Waals surface area (Å²) < 4.78 is 21.9. The first-order valence-electron chi connectivity index (χ1n) is 11.3. The van der Waals surface area contributed by atoms with Crippen molar-refractivity contribution in [1.82, 2.24) is 19.7 Å². The van der Waals surface area contributed by atoms with Crippen molar-refractivity contribution in [2.24, 2.45) is 0 Å². The second kappa shape index (κ2) is 10.3. The van der Waals surface area contributed by atoms with Crippen LogP contribution in [-0.2, 0) is 6.54 Å². The predicted molar refractivity (Wildman–Crippen MR) is 124 cm³/mol. The first kappa shape index (κ1) is 22.6. The zero-order chi connectivity index (χ0) is 23.2. The number of carbonyl (C=O) groups excluding carboxylic acids is 1. The maximum absolute atomic E-state index is 13.3. The summed E-state index contributed by atoms with van der Waals surface area (Å²) >= 11 is 0. The average Bonchev–Trinajstić information content (AvgIpc) is 3.59. The van der Waals surface area contributed by atoms with Crippen LogP contribution in [0.3, 0.4) is 0 Å². The van der Waals surface area contributed by atoms with Crippen LogP contribution in [0.25, 0.3) is 11.4 Å². The first-order valence-corrected chi connectivity index (χ1v) is 11.3. The van der Waals surface area contributed by atoms with Gasteiger partial charge in [0.1, 0.15) is 11.6 Å². The number of rotatable bonds is 10. The molecule has 1 fully saturated rings. The summed E-state index contributed by atoms with van der Waals surface area (Å²) in [5.74, 6) is 0.942. The van der Waals surface area contributed by atoms with E-state index in [1.165, 1.54) is 16.8 Å². The third-order valence-corrected chi connectivity index (χ3v) is 5.37. The van der Waals surface area contributed by atoms with Gasteiger partial charge in [0.25, 0.3) is 0 Å². The molecule has 33 heavy (non-hydrogen) atoms. The fourth-order valence-corrected chi connectivity index (χ4v) is 3.44. The normalized spacial score (nSPS) is 13.0. The van der Waals surface area contributed by atoms with Crippen LogP contribution >= 0.6 is 0 Å². The highest BCUT2D eigenvalue weighted by atomic mass is 19.1. The topological polar surface area (TPSA) is 90.2 Å². The molecule has 0 saturated heterocycles. The molecule has 2 amide bonds. The van der Waals surface area contributed by atoms with Gasteiger partial charge in [0.15, 0.2) is 5.82 Å². The number of anilines is 1. The third-order valence-electron chi connectivity index (χ3n) is 5.37. The molecular weight excluding hydrogens is 425 g/mol. The van der Waals surface area contributed by atoms with Crippen molar-refractivity contribution >= 4 is 11.7 Å². The minimum atomic E-state index is -0.372. The molecule has 174 valence electrons. The van der Waals surface area contributed by atoms with Crippen molar-refractivity contribution < 1.29 is 13.9 Å². The van der Waals surface area contributed by atoms with Crippen LogP contribution < -0.4 is 21.1 Å². The van der Waals surface area contributed by atoms with E-state index in [4.69, 9.17) is 4.74 Å². The zero-order valence-corrected chi connectivity index (χ0v) is 18.6. The lowest BCUT2D eigenvalue weighted by molar-refractivity contribution is 0.251. The number of unbranched alkanes of at least 4 members (excludes halogenated alkanes) is 1. The van der Waals surface area contributed by atoms with E-state index >= 15 is 0 Å². The number of halogens is 1. The molecule has 0 bridgehead atoms. The number of ether oxygens (including phenoxy) is 1. The highest BCUT2D eigenvalue weighted by molar-refractivity contribution is 5.89. The lowest BCUT2D eigenvalue weighted by Crippen LogP contribution is -2.34. The molecule has 2 N–H and O–H groups in total. The Morgan fingerprint density at radius 1 is 1.15 bits per heavy atom. The van der Waals surface area contributed by atoms with E-state index in [1.807, 2.05) is 12.1 Å². The quantitative estimate of drug-likeness (QED) is 0.451. The van der Waals surface area contributed by atoms with Crippen LogP contribution in [0.4, 0.5) is 14.9 Å². The van der Waals surface area contributed by atoms with Gasteiger partial charge in [0, 0.05) is 23.8 Å². The summed E-state index contributed by atoms with van der Waals surface area (Å²) in [7, 11) is 0. The number of benzene rings is 2. The van der Waals surface area contributed by atoms with Gasteiger partial charge in [-0.3, -0.25) is 4.57 Å². The second-order valence-electron chi connectivity index (χ2n) is 8.04. The highest BCUT2D eigenvalue weighted by Crippen LogP contribution is 2.36. The fourth-order valence-electron chi connectivity index (χ4n) is 3.44. The van der Waals surface area contributed by atoms with Crippen LogP contribution in [-0.4, -0.2) is 33.5 Å². The molecule has 0 atom stereocenters. The lowest BCUT2D eigenvalue weighted by Gasteiger charge is -2.09. The van der Waals surface area contributed by atoms with Crippen molar-refractivity contribution in [3.63, 3.8) is 0 Å². The Morgan fingerprint density at radius 3 is 2.55 bits per heavy atom. The molecule has 1 aliphatic carbocycles. The maximum atomic E-state index is 13.3. The second-order valence-corrected chi connectivity index (χ2v) is 8.04. The third kappa shape index (κ3) is 5.79. The molecule has 1 saturated carbocycles. The maximum Gasteiger partial charge on any atom is 0.346 e. The number of aromatic nitrogens is 3. The van der Waals surface area contributed by atoms with Crippen molar-refractivity contribution in [3.8, 4) is 17.1 Å². The summed E-state index contributed by atoms with van der Waals surface area (Å²) in [6.07, 6.45) is 3.90. The Hall–Kier alpha value is -3.62. The number of nitrogens with one attached hydrogen (secondary N) is 2. The van der Waals surface area contributed by atoms with Crippen LogP contribution in [0.2, 0.25) is 0 Å². The molecule has 3 aromatic rings. The highest BCUT2D eigenvalue weighted by Gasteiger charge is 2.30. The van der Waals surface area contributed by atoms with Gasteiger partial charge in [-0.15, -0.1) is 5.10 Å². The van der Waals surface area contributed by atoms with Crippen molar-refractivity contribution in [1.29, 1.82) is 0 Å². The number of urea groups is 1. The van der Waals surface area contributed by atoms with E-state index in [2.05, 4.69) is 22.7 Å². The van der Waals surface area contributed by atoms with E-state index in [1.54, 1.807) is 28.8 Å². The van der Waals surface area contributed by atoms with Gasteiger partial charge in [-0.05, 0) is 67.8 Å². The van der Waals surface area contributed by atoms with Gasteiger partial charge in [0.2, 0.25) is 0 Å². The van der Waals surface area contributed by atoms with Gasteiger partial charge >= 0.3 is 11.7 Å². The molecule has 1 aromatic heterocycles. The summed E-state index contributed by atoms with van der Waals surface area (Å²) in [5.41, 5.74) is 1.11. The summed E-state index contributed by atoms with van der Waals surface area (Å²) in [5, 5.41) is 9.95. The Balaban J connectivity index is 1.33. The molecule has 9 heteroatoms. The van der Waals surface area contributed by atoms with Crippen LogP contribution in [0.5, 0.6) is 5.75 Å². The van der Waals surface area contributed by atoms with E-state index in [9.17, 15) is 14.0 Å². The monoisotopic (exact) mass is 453 g/mol. The number of nitrogens with zero attached hydrogens (tertiary/aromatic N) is 3. The van der Waals surface area contributed by atoms with Gasteiger partial charge in [-0.1, -0.05) is 13.3 Å². The Kier molecular flexibility index (Phi) is 7.07. The van der Waals surface area contributed by atoms with E-state index < -0.39 is 0 Å². The molecule has 0 unspecified atom stereocenters. The Morgan fingerprint density at radius 2 is 1.88 bits per heavy atom. The first-order chi connectivity index (χ1) is 16.0. The van der Waals surface area contributed by atoms with Crippen LogP contribution in [0.15, 0.2) is 53.3 Å². The molecule has 1 aliphatic rings. The summed E-state index contributed by atoms with van der Waals surface area (Å²) in [4.78, 5) is 25.1. The number of hydrogen-bond donors (Lipinski definition) is 2. The molecule has 0 spiro atoms. The molecule has 8 nitrogen and oxygen atoms in total. The standard InChI is InChI=1S/C24H28FN5O3/c1-2-3-16-33-21-12-8-19(9-13-21)27-23(31)26-14-15-29-24(32)30(20-10-11-20)22(28-29)17-4-6-18(25)7-5-17/h4-9,12-13,20H,2-3,10-11,14-16H2,1H3,(H2,26,27,31). The average molecular weight is 454 g/mol. The van der Waals surface area contributed by atoms with Crippen molar-refractivity contribution in [2.45, 2.75) is 45.2 Å². The largest absolute Gasteiger partial charge is 0.494 e. The smallest absolute Gasteiger partial charge is 0.346 e. The SMILES string of the molecule is CCCCOc1ccc(NC(=O)NCCn2nc(-c3ccc(F)cc3)n(C3CC3)c2=O)cc1. The number of carbonyl (C=O) groups is 1. The minimum Gasteiger partial charge on any atom is -0.494 e. The van der Waals surface area contributed by atoms with Gasteiger partial charge < -0.3 is 15.4 Å². The van der Waals surface area contributed by atoms with Crippen LogP contribution in [0, 0.1) is 5.82 Å². The van der Waals surface area contributed by atoms with Gasteiger partial charge in [-0.25, -0.2) is 18.7 Å². The minimum absolute atomic E-state index is 0.122. The molecular formula is C24H28FN5O3. The molecule has 1 heterocycles. The van der Waals surface area contributed by atoms with Crippen molar-refractivity contribution in [2.75, 3.05) is 18.5 Å². The van der Waals surface area contributed by atoms with E-state index in [0.29, 0.717) is 23.7 Å². The molecule has 0 aliphatic heterocycles. The lowest BCUT2D eigenvalue weighted by atomic mass is 10.2. The van der Waals surface area contributed by atoms with E-state index in [-0.39, 0.29) is 36.7 Å². The number of hydrogen-bond acceptors (Lipinski definition) is 4. The molecule has 0 radical (unpaired) electrons. The zero-order valence-electron chi connectivity index (χ0n) is 18.6. The predicted octanol–water partition coefficient (Wildman–Crippen LogP) is 4.19. The van der Waals surface area contributed by atoms with Crippen LogP contribution in [0.1, 0.15) is 38.6 Å². The van der Waals surface area contributed by atoms with Gasteiger partial charge in [-0.2, -0.15) is 0 Å². The summed E-state index contributed by atoms with van der Waals surface area (Å²) in [6.45, 7) is 3.23. The van der Waals surface area contributed by atoms with E-state index in [0.717, 1.165) is 31.4 Å².